The van der Waals surface area contributed by atoms with E-state index in [1.54, 1.807) is 35.5 Å². The molecule has 2 heterocycles. The van der Waals surface area contributed by atoms with Crippen molar-refractivity contribution in [2.45, 2.75) is 30.7 Å². The van der Waals surface area contributed by atoms with E-state index in [2.05, 4.69) is 14.7 Å². The van der Waals surface area contributed by atoms with Crippen molar-refractivity contribution >= 4 is 21.6 Å². The Morgan fingerprint density at radius 3 is 2.92 bits per heavy atom. The number of anilines is 1. The van der Waals surface area contributed by atoms with Gasteiger partial charge in [-0.05, 0) is 37.0 Å². The molecule has 1 aromatic carbocycles. The van der Waals surface area contributed by atoms with Gasteiger partial charge in [0.1, 0.15) is 5.82 Å². The van der Waals surface area contributed by atoms with Gasteiger partial charge < -0.3 is 9.88 Å². The number of amides is 1. The number of hydrogen-bond donors (Lipinski definition) is 2. The van der Waals surface area contributed by atoms with Crippen molar-refractivity contribution in [2.24, 2.45) is 5.92 Å². The normalized spacial score (nSPS) is 17.1. The highest BCUT2D eigenvalue weighted by Gasteiger charge is 2.36. The molecule has 1 saturated carbocycles. The Morgan fingerprint density at radius 2 is 2.21 bits per heavy atom. The summed E-state index contributed by atoms with van der Waals surface area (Å²) in [6, 6.07) is 5.00. The van der Waals surface area contributed by atoms with Crippen molar-refractivity contribution in [2.75, 3.05) is 11.4 Å². The molecule has 0 atom stereocenters. The van der Waals surface area contributed by atoms with Crippen LogP contribution >= 0.6 is 0 Å². The molecule has 0 radical (unpaired) electrons. The molecule has 8 heteroatoms. The van der Waals surface area contributed by atoms with E-state index >= 15 is 0 Å². The lowest BCUT2D eigenvalue weighted by atomic mass is 10.2. The van der Waals surface area contributed by atoms with Crippen LogP contribution in [0.2, 0.25) is 0 Å². The molecule has 2 aliphatic rings. The maximum Gasteiger partial charge on any atom is 0.241 e. The highest BCUT2D eigenvalue weighted by molar-refractivity contribution is 7.89. The average Bonchev–Trinajstić information content (AvgIpc) is 3.13. The fraction of sp³-hybridized carbons (Fsp3) is 0.375. The second-order valence-corrected chi connectivity index (χ2v) is 7.93. The van der Waals surface area contributed by atoms with Crippen molar-refractivity contribution in [3.05, 3.63) is 42.0 Å². The summed E-state index contributed by atoms with van der Waals surface area (Å²) in [5.41, 5.74) is 1.75. The number of aromatic amines is 1. The Hall–Kier alpha value is -2.19. The molecule has 1 amide bonds. The van der Waals surface area contributed by atoms with Crippen LogP contribution in [0.3, 0.4) is 0 Å². The third-order valence-corrected chi connectivity index (χ3v) is 5.84. The predicted octanol–water partition coefficient (Wildman–Crippen LogP) is 1.19. The van der Waals surface area contributed by atoms with Gasteiger partial charge in [0.05, 0.1) is 11.4 Å². The number of hydrogen-bond acceptors (Lipinski definition) is 4. The number of aromatic nitrogens is 2. The first kappa shape index (κ1) is 15.3. The molecule has 4 rings (SSSR count). The molecule has 7 nitrogen and oxygen atoms in total. The minimum Gasteiger partial charge on any atom is -0.347 e. The van der Waals surface area contributed by atoms with Crippen LogP contribution in [-0.4, -0.2) is 30.8 Å². The van der Waals surface area contributed by atoms with Gasteiger partial charge in [-0.25, -0.2) is 18.1 Å². The zero-order chi connectivity index (χ0) is 16.7. The second-order valence-electron chi connectivity index (χ2n) is 6.17. The summed E-state index contributed by atoms with van der Waals surface area (Å²) in [6.45, 7) is 0.727. The van der Waals surface area contributed by atoms with Gasteiger partial charge in [-0.15, -0.1) is 0 Å². The van der Waals surface area contributed by atoms with E-state index < -0.39 is 10.0 Å². The number of fused-ring (bicyclic) bond motifs is 1. The summed E-state index contributed by atoms with van der Waals surface area (Å²) in [5, 5.41) is 0. The molecule has 24 heavy (non-hydrogen) atoms. The van der Waals surface area contributed by atoms with Crippen LogP contribution in [0.1, 0.15) is 24.2 Å². The predicted molar refractivity (Wildman–Crippen MR) is 87.8 cm³/mol. The van der Waals surface area contributed by atoms with Gasteiger partial charge >= 0.3 is 0 Å². The minimum absolute atomic E-state index is 0.0944. The molecule has 0 unspecified atom stereocenters. The van der Waals surface area contributed by atoms with Crippen molar-refractivity contribution in [1.82, 2.24) is 14.7 Å². The number of nitrogens with one attached hydrogen (secondary N) is 2. The molecule has 1 aromatic heterocycles. The van der Waals surface area contributed by atoms with Gasteiger partial charge in [-0.1, -0.05) is 6.07 Å². The molecule has 1 fully saturated rings. The lowest BCUT2D eigenvalue weighted by Crippen LogP contribution is -2.30. The van der Waals surface area contributed by atoms with Crippen molar-refractivity contribution in [3.63, 3.8) is 0 Å². The SMILES string of the molecule is O=C(C1CC1)N1CCc2ccc(S(=O)(=O)NCc3ncc[nH]3)cc21. The van der Waals surface area contributed by atoms with Gasteiger partial charge in [0, 0.05) is 30.5 Å². The molecule has 0 saturated heterocycles. The van der Waals surface area contributed by atoms with E-state index in [4.69, 9.17) is 0 Å². The summed E-state index contributed by atoms with van der Waals surface area (Å²) in [4.78, 5) is 21.1. The first-order chi connectivity index (χ1) is 11.5. The first-order valence-corrected chi connectivity index (χ1v) is 9.45. The zero-order valence-corrected chi connectivity index (χ0v) is 13.8. The van der Waals surface area contributed by atoms with Crippen LogP contribution in [0.5, 0.6) is 0 Å². The van der Waals surface area contributed by atoms with Gasteiger partial charge in [0.25, 0.3) is 0 Å². The number of benzene rings is 1. The van der Waals surface area contributed by atoms with Crippen LogP contribution < -0.4 is 9.62 Å². The fourth-order valence-electron chi connectivity index (χ4n) is 2.95. The molecule has 0 spiro atoms. The number of carbonyl (C=O) groups is 1. The van der Waals surface area contributed by atoms with Crippen LogP contribution in [-0.2, 0) is 27.8 Å². The Bertz CT molecular complexity index is 873. The number of imidazole rings is 1. The Morgan fingerprint density at radius 1 is 1.38 bits per heavy atom. The molecule has 2 N–H and O–H groups in total. The topological polar surface area (TPSA) is 95.2 Å². The number of carbonyl (C=O) groups excluding carboxylic acids is 1. The van der Waals surface area contributed by atoms with Crippen LogP contribution in [0.25, 0.3) is 0 Å². The molecule has 126 valence electrons. The largest absolute Gasteiger partial charge is 0.347 e. The summed E-state index contributed by atoms with van der Waals surface area (Å²) < 4.78 is 27.5. The van der Waals surface area contributed by atoms with Crippen LogP contribution in [0, 0.1) is 5.92 Å². The number of H-pyrrole nitrogens is 1. The van der Waals surface area contributed by atoms with E-state index in [0.29, 0.717) is 12.4 Å². The third-order valence-electron chi connectivity index (χ3n) is 4.44. The summed E-state index contributed by atoms with van der Waals surface area (Å²) in [7, 11) is -3.66. The summed E-state index contributed by atoms with van der Waals surface area (Å²) in [6.07, 6.45) is 5.86. The van der Waals surface area contributed by atoms with Crippen LogP contribution in [0.4, 0.5) is 5.69 Å². The van der Waals surface area contributed by atoms with Crippen molar-refractivity contribution in [3.8, 4) is 0 Å². The standard InChI is InChI=1S/C16H18N4O3S/c21-16(12-1-2-12)20-8-5-11-3-4-13(9-14(11)20)24(22,23)19-10-15-17-6-7-18-15/h3-4,6-7,9,12,19H,1-2,5,8,10H2,(H,17,18). The van der Waals surface area contributed by atoms with E-state index in [9.17, 15) is 13.2 Å². The third kappa shape index (κ3) is 2.83. The molecule has 1 aliphatic carbocycles. The summed E-state index contributed by atoms with van der Waals surface area (Å²) >= 11 is 0. The summed E-state index contributed by atoms with van der Waals surface area (Å²) in [5.74, 6) is 0.783. The van der Waals surface area contributed by atoms with E-state index in [-0.39, 0.29) is 23.3 Å². The molecular formula is C16H18N4O3S. The first-order valence-electron chi connectivity index (χ1n) is 7.97. The highest BCUT2D eigenvalue weighted by atomic mass is 32.2. The van der Waals surface area contributed by atoms with E-state index in [1.807, 2.05) is 0 Å². The molecular weight excluding hydrogens is 328 g/mol. The van der Waals surface area contributed by atoms with Crippen LogP contribution in [0.15, 0.2) is 35.5 Å². The Labute approximate surface area is 140 Å². The highest BCUT2D eigenvalue weighted by Crippen LogP contribution is 2.37. The number of nitrogens with zero attached hydrogens (tertiary/aromatic N) is 2. The fourth-order valence-corrected chi connectivity index (χ4v) is 3.95. The molecule has 1 aliphatic heterocycles. The van der Waals surface area contributed by atoms with Crippen molar-refractivity contribution < 1.29 is 13.2 Å². The van der Waals surface area contributed by atoms with E-state index in [0.717, 1.165) is 30.5 Å². The lowest BCUT2D eigenvalue weighted by Gasteiger charge is -2.18. The Kier molecular flexibility index (Phi) is 3.65. The second kappa shape index (κ2) is 5.71. The van der Waals surface area contributed by atoms with Gasteiger partial charge in [-0.2, -0.15) is 0 Å². The maximum atomic E-state index is 12.5. The lowest BCUT2D eigenvalue weighted by molar-refractivity contribution is -0.119. The minimum atomic E-state index is -3.66. The molecule has 0 bridgehead atoms. The number of sulfonamides is 1. The van der Waals surface area contributed by atoms with Gasteiger partial charge in [0.15, 0.2) is 0 Å². The Balaban J connectivity index is 1.57. The number of rotatable bonds is 5. The monoisotopic (exact) mass is 346 g/mol. The molecule has 2 aromatic rings. The smallest absolute Gasteiger partial charge is 0.241 e. The van der Waals surface area contributed by atoms with Crippen molar-refractivity contribution in [1.29, 1.82) is 0 Å². The average molecular weight is 346 g/mol. The van der Waals surface area contributed by atoms with Gasteiger partial charge in [-0.3, -0.25) is 4.79 Å². The maximum absolute atomic E-state index is 12.5. The van der Waals surface area contributed by atoms with E-state index in [1.165, 1.54) is 0 Å². The quantitative estimate of drug-likeness (QED) is 0.850. The van der Waals surface area contributed by atoms with Gasteiger partial charge in [0.2, 0.25) is 15.9 Å². The zero-order valence-electron chi connectivity index (χ0n) is 13.0.